The number of anilines is 1. The van der Waals surface area contributed by atoms with Gasteiger partial charge < -0.3 is 15.6 Å². The number of nitrogens with two attached hydrogens (primary N) is 1. The molecule has 1 amide bonds. The molecule has 0 spiro atoms. The van der Waals surface area contributed by atoms with Gasteiger partial charge in [-0.3, -0.25) is 4.90 Å². The molecule has 0 saturated carbocycles. The highest BCUT2D eigenvalue weighted by Gasteiger charge is 2.31. The van der Waals surface area contributed by atoms with Crippen LogP contribution in [-0.4, -0.2) is 34.6 Å². The molecule has 1 aromatic carbocycles. The van der Waals surface area contributed by atoms with Gasteiger partial charge >= 0.3 is 12.3 Å². The van der Waals surface area contributed by atoms with Crippen LogP contribution in [0.3, 0.4) is 0 Å². The molecule has 0 fully saturated rings. The Bertz CT molecular complexity index is 851. The van der Waals surface area contributed by atoms with E-state index in [4.69, 9.17) is 10.5 Å². The summed E-state index contributed by atoms with van der Waals surface area (Å²) in [5.74, 6) is -0.694. The molecule has 1 heterocycles. The van der Waals surface area contributed by atoms with E-state index >= 15 is 0 Å². The van der Waals surface area contributed by atoms with E-state index in [2.05, 4.69) is 20.9 Å². The number of ether oxygens (including phenoxy) is 1. The summed E-state index contributed by atoms with van der Waals surface area (Å²) in [5, 5.41) is 10.4. The molecule has 1 aromatic heterocycles. The molecule has 0 aliphatic carbocycles. The normalized spacial score (nSPS) is 14.3. The Balaban J connectivity index is 2.22. The number of halogens is 4. The Kier molecular flexibility index (Phi) is 7.89. The summed E-state index contributed by atoms with van der Waals surface area (Å²) in [6.07, 6.45) is -4.68. The minimum absolute atomic E-state index is 0.0921. The predicted molar refractivity (Wildman–Crippen MR) is 112 cm³/mol. The van der Waals surface area contributed by atoms with E-state index in [0.29, 0.717) is 14.5 Å². The van der Waals surface area contributed by atoms with Crippen LogP contribution in [0.5, 0.6) is 0 Å². The van der Waals surface area contributed by atoms with E-state index in [1.807, 2.05) is 0 Å². The van der Waals surface area contributed by atoms with E-state index in [1.165, 1.54) is 28.4 Å². The van der Waals surface area contributed by atoms with Crippen molar-refractivity contribution in [1.82, 2.24) is 4.98 Å². The number of benzene rings is 1. The van der Waals surface area contributed by atoms with Crippen molar-refractivity contribution in [3.63, 3.8) is 0 Å². The summed E-state index contributed by atoms with van der Waals surface area (Å²) in [6, 6.07) is 4.44. The number of carbonyl (C=O) groups excluding carboxylic acids is 1. The lowest BCUT2D eigenvalue weighted by Crippen LogP contribution is -2.39. The van der Waals surface area contributed by atoms with E-state index in [9.17, 15) is 23.1 Å². The summed E-state index contributed by atoms with van der Waals surface area (Å²) in [7, 11) is 0. The first kappa shape index (κ1) is 24.6. The molecule has 2 unspecified atom stereocenters. The molecular formula is C19H23BrF3N3O3S. The van der Waals surface area contributed by atoms with Crippen molar-refractivity contribution in [3.8, 4) is 0 Å². The lowest BCUT2D eigenvalue weighted by atomic mass is 9.93. The maximum absolute atomic E-state index is 12.8. The number of thiazole rings is 1. The number of carbonyl (C=O) groups is 1. The molecule has 30 heavy (non-hydrogen) atoms. The zero-order chi connectivity index (χ0) is 22.7. The van der Waals surface area contributed by atoms with Gasteiger partial charge in [-0.1, -0.05) is 23.5 Å². The Hall–Kier alpha value is -1.69. The van der Waals surface area contributed by atoms with Crippen molar-refractivity contribution in [2.45, 2.75) is 51.1 Å². The van der Waals surface area contributed by atoms with Gasteiger partial charge in [-0.25, -0.2) is 9.78 Å². The van der Waals surface area contributed by atoms with Gasteiger partial charge in [0, 0.05) is 12.5 Å². The minimum Gasteiger partial charge on any atom is -0.443 e. The molecule has 11 heteroatoms. The first-order valence-corrected chi connectivity index (χ1v) is 10.6. The Morgan fingerprint density at radius 1 is 1.30 bits per heavy atom. The SMILES string of the molecule is CC(C)(C)OC(=O)N(CCC(c1ccc(C(F)(F)F)cc1)C(N)O)c1ncc(Br)s1. The van der Waals surface area contributed by atoms with Crippen LogP contribution in [-0.2, 0) is 10.9 Å². The molecule has 0 bridgehead atoms. The fourth-order valence-corrected chi connectivity index (χ4v) is 3.87. The number of hydrogen-bond donors (Lipinski definition) is 2. The molecule has 0 saturated heterocycles. The fourth-order valence-electron chi connectivity index (χ4n) is 2.67. The van der Waals surface area contributed by atoms with Crippen LogP contribution in [0.1, 0.15) is 44.2 Å². The highest BCUT2D eigenvalue weighted by Crippen LogP contribution is 2.32. The highest BCUT2D eigenvalue weighted by molar-refractivity contribution is 9.11. The molecular weight excluding hydrogens is 487 g/mol. The zero-order valence-electron chi connectivity index (χ0n) is 16.6. The summed E-state index contributed by atoms with van der Waals surface area (Å²) in [6.45, 7) is 5.29. The van der Waals surface area contributed by atoms with Crippen molar-refractivity contribution in [1.29, 1.82) is 0 Å². The van der Waals surface area contributed by atoms with Crippen LogP contribution in [0, 0.1) is 0 Å². The van der Waals surface area contributed by atoms with Crippen molar-refractivity contribution in [2.24, 2.45) is 5.73 Å². The molecule has 0 radical (unpaired) electrons. The van der Waals surface area contributed by atoms with Gasteiger partial charge in [0.25, 0.3) is 0 Å². The number of rotatable bonds is 6. The second kappa shape index (κ2) is 9.63. The van der Waals surface area contributed by atoms with Crippen LogP contribution in [0.15, 0.2) is 34.2 Å². The van der Waals surface area contributed by atoms with E-state index in [0.717, 1.165) is 12.1 Å². The van der Waals surface area contributed by atoms with E-state index in [-0.39, 0.29) is 13.0 Å². The summed E-state index contributed by atoms with van der Waals surface area (Å²) in [4.78, 5) is 18.2. The average molecular weight is 510 g/mol. The standard InChI is InChI=1S/C19H23BrF3N3O3S/c1-18(2,3)29-17(28)26(16-25-10-14(20)30-16)9-8-13(15(24)27)11-4-6-12(7-5-11)19(21,22)23/h4-7,10,13,15,27H,8-9,24H2,1-3H3. The molecule has 0 aliphatic rings. The second-order valence-corrected chi connectivity index (χ2v) is 9.97. The minimum atomic E-state index is -4.46. The summed E-state index contributed by atoms with van der Waals surface area (Å²) in [5.41, 5.74) is 4.59. The fraction of sp³-hybridized carbons (Fsp3) is 0.474. The first-order valence-electron chi connectivity index (χ1n) is 9.00. The highest BCUT2D eigenvalue weighted by atomic mass is 79.9. The third-order valence-electron chi connectivity index (χ3n) is 4.05. The van der Waals surface area contributed by atoms with Gasteiger partial charge in [-0.15, -0.1) is 0 Å². The van der Waals surface area contributed by atoms with E-state index in [1.54, 1.807) is 27.0 Å². The van der Waals surface area contributed by atoms with Crippen LogP contribution >= 0.6 is 27.3 Å². The lowest BCUT2D eigenvalue weighted by molar-refractivity contribution is -0.137. The summed E-state index contributed by atoms with van der Waals surface area (Å²) < 4.78 is 44.6. The van der Waals surface area contributed by atoms with Gasteiger partial charge in [0.15, 0.2) is 5.13 Å². The predicted octanol–water partition coefficient (Wildman–Crippen LogP) is 5.12. The quantitative estimate of drug-likeness (QED) is 0.527. The number of nitrogens with zero attached hydrogens (tertiary/aromatic N) is 2. The maximum Gasteiger partial charge on any atom is 0.416 e. The Labute approximate surface area is 185 Å². The molecule has 166 valence electrons. The third-order valence-corrected chi connectivity index (χ3v) is 5.55. The van der Waals surface area contributed by atoms with Gasteiger partial charge in [0.05, 0.1) is 15.5 Å². The van der Waals surface area contributed by atoms with Crippen molar-refractivity contribution >= 4 is 38.5 Å². The monoisotopic (exact) mass is 509 g/mol. The van der Waals surface area contributed by atoms with Crippen LogP contribution in [0.4, 0.5) is 23.1 Å². The molecule has 2 rings (SSSR count). The van der Waals surface area contributed by atoms with Crippen molar-refractivity contribution in [2.75, 3.05) is 11.4 Å². The zero-order valence-corrected chi connectivity index (χ0v) is 19.0. The second-order valence-electron chi connectivity index (χ2n) is 7.58. The molecule has 2 atom stereocenters. The van der Waals surface area contributed by atoms with E-state index < -0.39 is 35.6 Å². The molecule has 6 nitrogen and oxygen atoms in total. The average Bonchev–Trinajstić information content (AvgIpc) is 3.02. The number of aliphatic hydroxyl groups excluding tert-OH is 1. The van der Waals surface area contributed by atoms with Crippen LogP contribution in [0.25, 0.3) is 0 Å². The lowest BCUT2D eigenvalue weighted by Gasteiger charge is -2.28. The Morgan fingerprint density at radius 2 is 1.90 bits per heavy atom. The smallest absolute Gasteiger partial charge is 0.416 e. The largest absolute Gasteiger partial charge is 0.443 e. The number of alkyl halides is 3. The summed E-state index contributed by atoms with van der Waals surface area (Å²) >= 11 is 4.52. The number of amides is 1. The van der Waals surface area contributed by atoms with Gasteiger partial charge in [0.1, 0.15) is 11.8 Å². The molecule has 3 N–H and O–H groups in total. The maximum atomic E-state index is 12.8. The Morgan fingerprint density at radius 3 is 2.33 bits per heavy atom. The molecule has 0 aliphatic heterocycles. The molecule has 2 aromatic rings. The number of aromatic nitrogens is 1. The van der Waals surface area contributed by atoms with Gasteiger partial charge in [-0.2, -0.15) is 13.2 Å². The van der Waals surface area contributed by atoms with Crippen LogP contribution in [0.2, 0.25) is 0 Å². The number of hydrogen-bond acceptors (Lipinski definition) is 6. The van der Waals surface area contributed by atoms with Gasteiger partial charge in [0.2, 0.25) is 0 Å². The van der Waals surface area contributed by atoms with Crippen molar-refractivity contribution < 1.29 is 27.8 Å². The third kappa shape index (κ3) is 6.93. The number of aliphatic hydroxyl groups is 1. The van der Waals surface area contributed by atoms with Crippen molar-refractivity contribution in [3.05, 3.63) is 45.4 Å². The first-order chi connectivity index (χ1) is 13.8. The topological polar surface area (TPSA) is 88.7 Å². The van der Waals surface area contributed by atoms with Crippen LogP contribution < -0.4 is 10.6 Å². The van der Waals surface area contributed by atoms with Gasteiger partial charge in [-0.05, 0) is 60.8 Å².